The van der Waals surface area contributed by atoms with Crippen molar-refractivity contribution in [3.05, 3.63) is 23.8 Å². The number of amides is 1. The molecule has 1 fully saturated rings. The number of nitrogens with one attached hydrogen (secondary N) is 2. The molecule has 0 spiro atoms. The van der Waals surface area contributed by atoms with Gasteiger partial charge in [-0.25, -0.2) is 0 Å². The molecule has 2 N–H and O–H groups in total. The van der Waals surface area contributed by atoms with E-state index >= 15 is 0 Å². The van der Waals surface area contributed by atoms with E-state index in [4.69, 9.17) is 4.74 Å². The summed E-state index contributed by atoms with van der Waals surface area (Å²) >= 11 is 0. The van der Waals surface area contributed by atoms with Gasteiger partial charge in [0.25, 0.3) is 0 Å². The molecule has 1 aliphatic heterocycles. The number of anilines is 2. The number of carbonyl (C=O) groups excluding carboxylic acids is 1. The highest BCUT2D eigenvalue weighted by Crippen LogP contribution is 2.30. The molecule has 0 unspecified atom stereocenters. The Bertz CT molecular complexity index is 481. The molecule has 0 aromatic heterocycles. The van der Waals surface area contributed by atoms with Gasteiger partial charge in [-0.3, -0.25) is 4.79 Å². The zero-order valence-electron chi connectivity index (χ0n) is 11.2. The largest absolute Gasteiger partial charge is 0.382 e. The number of hydrogen-bond donors (Lipinski definition) is 2. The summed E-state index contributed by atoms with van der Waals surface area (Å²) in [7, 11) is 0. The van der Waals surface area contributed by atoms with Crippen LogP contribution in [0.15, 0.2) is 18.2 Å². The molecule has 3 rings (SSSR count). The molecular formula is C15H20N2O2. The van der Waals surface area contributed by atoms with Crippen LogP contribution in [0.5, 0.6) is 0 Å². The van der Waals surface area contributed by atoms with Gasteiger partial charge in [0.05, 0.1) is 6.10 Å². The van der Waals surface area contributed by atoms with Crippen molar-refractivity contribution in [2.24, 2.45) is 0 Å². The number of hydrogen-bond acceptors (Lipinski definition) is 3. The maximum absolute atomic E-state index is 11.3. The Morgan fingerprint density at radius 3 is 3.00 bits per heavy atom. The van der Waals surface area contributed by atoms with E-state index in [0.29, 0.717) is 18.6 Å². The molecule has 0 radical (unpaired) electrons. The molecule has 102 valence electrons. The van der Waals surface area contributed by atoms with Crippen molar-refractivity contribution in [1.29, 1.82) is 0 Å². The van der Waals surface area contributed by atoms with E-state index in [9.17, 15) is 4.79 Å². The molecule has 1 aliphatic carbocycles. The number of aryl methyl sites for hydroxylation is 1. The van der Waals surface area contributed by atoms with E-state index < -0.39 is 0 Å². The standard InChI is InChI=1S/C15H20N2O2/c1-2-19-13-8-12(9-13)16-11-4-5-14-10(7-11)3-6-15(18)17-14/h4-5,7,12-13,16H,2-3,6,8-9H2,1H3,(H,17,18). The number of carbonyl (C=O) groups is 1. The first-order valence-electron chi connectivity index (χ1n) is 7.05. The Morgan fingerprint density at radius 2 is 2.21 bits per heavy atom. The molecule has 1 amide bonds. The highest BCUT2D eigenvalue weighted by atomic mass is 16.5. The molecule has 2 aliphatic rings. The predicted molar refractivity (Wildman–Crippen MR) is 75.5 cm³/mol. The SMILES string of the molecule is CCOC1CC(Nc2ccc3c(c2)CCC(=O)N3)C1. The van der Waals surface area contributed by atoms with E-state index in [-0.39, 0.29) is 5.91 Å². The van der Waals surface area contributed by atoms with Gasteiger partial charge in [-0.05, 0) is 49.9 Å². The lowest BCUT2D eigenvalue weighted by Crippen LogP contribution is -2.40. The number of rotatable bonds is 4. The Morgan fingerprint density at radius 1 is 1.37 bits per heavy atom. The zero-order chi connectivity index (χ0) is 13.2. The van der Waals surface area contributed by atoms with Crippen LogP contribution < -0.4 is 10.6 Å². The van der Waals surface area contributed by atoms with Crippen molar-refractivity contribution in [3.63, 3.8) is 0 Å². The highest BCUT2D eigenvalue weighted by Gasteiger charge is 2.29. The molecular weight excluding hydrogens is 240 g/mol. The fourth-order valence-electron chi connectivity index (χ4n) is 2.76. The molecule has 0 saturated heterocycles. The van der Waals surface area contributed by atoms with Crippen LogP contribution in [0.1, 0.15) is 31.7 Å². The second-order valence-corrected chi connectivity index (χ2v) is 5.31. The van der Waals surface area contributed by atoms with Crippen LogP contribution in [0.25, 0.3) is 0 Å². The third-order valence-electron chi connectivity index (χ3n) is 3.87. The fourth-order valence-corrected chi connectivity index (χ4v) is 2.76. The lowest BCUT2D eigenvalue weighted by Gasteiger charge is -2.36. The lowest BCUT2D eigenvalue weighted by atomic mass is 9.89. The van der Waals surface area contributed by atoms with Gasteiger partial charge < -0.3 is 15.4 Å². The van der Waals surface area contributed by atoms with Crippen LogP contribution in [0.2, 0.25) is 0 Å². The smallest absolute Gasteiger partial charge is 0.224 e. The van der Waals surface area contributed by atoms with E-state index in [2.05, 4.69) is 16.7 Å². The maximum Gasteiger partial charge on any atom is 0.224 e. The van der Waals surface area contributed by atoms with Gasteiger partial charge >= 0.3 is 0 Å². The quantitative estimate of drug-likeness (QED) is 0.874. The summed E-state index contributed by atoms with van der Waals surface area (Å²) in [5.74, 6) is 0.117. The van der Waals surface area contributed by atoms with Crippen LogP contribution in [-0.4, -0.2) is 24.7 Å². The van der Waals surface area contributed by atoms with Crippen molar-refractivity contribution in [3.8, 4) is 0 Å². The molecule has 1 aromatic carbocycles. The first kappa shape index (κ1) is 12.5. The van der Waals surface area contributed by atoms with Crippen molar-refractivity contribution in [2.45, 2.75) is 44.8 Å². The van der Waals surface area contributed by atoms with E-state index in [0.717, 1.165) is 37.2 Å². The minimum absolute atomic E-state index is 0.117. The minimum Gasteiger partial charge on any atom is -0.382 e. The van der Waals surface area contributed by atoms with Crippen molar-refractivity contribution in [1.82, 2.24) is 0 Å². The van der Waals surface area contributed by atoms with Crippen molar-refractivity contribution >= 4 is 17.3 Å². The first-order chi connectivity index (χ1) is 9.24. The summed E-state index contributed by atoms with van der Waals surface area (Å²) in [5, 5.41) is 6.44. The van der Waals surface area contributed by atoms with Crippen LogP contribution in [-0.2, 0) is 16.0 Å². The van der Waals surface area contributed by atoms with Gasteiger partial charge in [0.1, 0.15) is 0 Å². The molecule has 1 aromatic rings. The molecule has 19 heavy (non-hydrogen) atoms. The Hall–Kier alpha value is -1.55. The van der Waals surface area contributed by atoms with E-state index in [1.165, 1.54) is 5.56 Å². The van der Waals surface area contributed by atoms with E-state index in [1.54, 1.807) is 0 Å². The summed E-state index contributed by atoms with van der Waals surface area (Å²) in [6.07, 6.45) is 4.03. The number of fused-ring (bicyclic) bond motifs is 1. The van der Waals surface area contributed by atoms with Gasteiger partial charge in [0, 0.05) is 30.4 Å². The van der Waals surface area contributed by atoms with Crippen LogP contribution in [0.4, 0.5) is 11.4 Å². The fraction of sp³-hybridized carbons (Fsp3) is 0.533. The summed E-state index contributed by atoms with van der Waals surface area (Å²) in [6, 6.07) is 6.71. The molecule has 0 bridgehead atoms. The Labute approximate surface area is 113 Å². The molecule has 1 saturated carbocycles. The van der Waals surface area contributed by atoms with Crippen molar-refractivity contribution < 1.29 is 9.53 Å². The van der Waals surface area contributed by atoms with Crippen LogP contribution >= 0.6 is 0 Å². The van der Waals surface area contributed by atoms with Crippen molar-refractivity contribution in [2.75, 3.05) is 17.2 Å². The Kier molecular flexibility index (Phi) is 3.42. The lowest BCUT2D eigenvalue weighted by molar-refractivity contribution is -0.116. The maximum atomic E-state index is 11.3. The third-order valence-corrected chi connectivity index (χ3v) is 3.87. The summed E-state index contributed by atoms with van der Waals surface area (Å²) in [4.78, 5) is 11.3. The monoisotopic (exact) mass is 260 g/mol. The second-order valence-electron chi connectivity index (χ2n) is 5.31. The molecule has 1 heterocycles. The number of benzene rings is 1. The zero-order valence-corrected chi connectivity index (χ0v) is 11.2. The predicted octanol–water partition coefficient (Wildman–Crippen LogP) is 2.55. The van der Waals surface area contributed by atoms with Crippen LogP contribution in [0.3, 0.4) is 0 Å². The highest BCUT2D eigenvalue weighted by molar-refractivity contribution is 5.94. The van der Waals surface area contributed by atoms with Gasteiger partial charge in [-0.2, -0.15) is 0 Å². The summed E-state index contributed by atoms with van der Waals surface area (Å²) in [6.45, 7) is 2.84. The summed E-state index contributed by atoms with van der Waals surface area (Å²) < 4.78 is 5.56. The average molecular weight is 260 g/mol. The van der Waals surface area contributed by atoms with Gasteiger partial charge in [-0.1, -0.05) is 0 Å². The van der Waals surface area contributed by atoms with Crippen LogP contribution in [0, 0.1) is 0 Å². The molecule has 4 nitrogen and oxygen atoms in total. The van der Waals surface area contributed by atoms with Gasteiger partial charge in [0.2, 0.25) is 5.91 Å². The number of ether oxygens (including phenoxy) is 1. The summed E-state index contributed by atoms with van der Waals surface area (Å²) in [5.41, 5.74) is 3.34. The normalized spacial score (nSPS) is 25.2. The van der Waals surface area contributed by atoms with Gasteiger partial charge in [0.15, 0.2) is 0 Å². The minimum atomic E-state index is 0.117. The second kappa shape index (κ2) is 5.21. The average Bonchev–Trinajstić information content (AvgIpc) is 2.36. The first-order valence-corrected chi connectivity index (χ1v) is 7.05. The molecule has 0 atom stereocenters. The topological polar surface area (TPSA) is 50.4 Å². The van der Waals surface area contributed by atoms with E-state index in [1.807, 2.05) is 19.1 Å². The Balaban J connectivity index is 1.59. The third kappa shape index (κ3) is 2.73. The van der Waals surface area contributed by atoms with Gasteiger partial charge in [-0.15, -0.1) is 0 Å². The molecule has 4 heteroatoms.